The molecule has 0 amide bonds. The number of rotatable bonds is 2. The Hall–Kier alpha value is 0.110. The molecule has 0 aliphatic heterocycles. The van der Waals surface area contributed by atoms with E-state index in [1.807, 2.05) is 0 Å². The van der Waals surface area contributed by atoms with E-state index in [4.69, 9.17) is 11.6 Å². The predicted octanol–water partition coefficient (Wildman–Crippen LogP) is -0.336. The smallest absolute Gasteiger partial charge is 0.118 e. The highest BCUT2D eigenvalue weighted by atomic mass is 35.5. The van der Waals surface area contributed by atoms with Gasteiger partial charge in [0.15, 0.2) is 0 Å². The van der Waals surface area contributed by atoms with E-state index in [-0.39, 0.29) is 0 Å². The van der Waals surface area contributed by atoms with Crippen LogP contribution in [0.5, 0.6) is 0 Å². The second-order valence-electron chi connectivity index (χ2n) is 0.871. The number of halogens is 1. The van der Waals surface area contributed by atoms with Crippen molar-refractivity contribution in [1.82, 2.24) is 0 Å². The van der Waals surface area contributed by atoms with Gasteiger partial charge >= 0.3 is 0 Å². The summed E-state index contributed by atoms with van der Waals surface area (Å²) in [6.07, 6.45) is 1.60. The van der Waals surface area contributed by atoms with Crippen LogP contribution in [0.3, 0.4) is 0 Å². The first-order valence-electron chi connectivity index (χ1n) is 1.56. The molecule has 7 heavy (non-hydrogen) atoms. The maximum Gasteiger partial charge on any atom is 0.118 e. The Balaban J connectivity index is 3.34. The summed E-state index contributed by atoms with van der Waals surface area (Å²) in [6, 6.07) is 0. The van der Waals surface area contributed by atoms with Crippen LogP contribution in [0.25, 0.3) is 0 Å². The van der Waals surface area contributed by atoms with Crippen LogP contribution in [0.2, 0.25) is 0 Å². The molecule has 0 aromatic heterocycles. The van der Waals surface area contributed by atoms with Gasteiger partial charge in [-0.1, -0.05) is 0 Å². The Morgan fingerprint density at radius 2 is 2.43 bits per heavy atom. The fourth-order valence-electron chi connectivity index (χ4n) is 0.0962. The van der Waals surface area contributed by atoms with Crippen molar-refractivity contribution in [2.24, 2.45) is 0 Å². The van der Waals surface area contributed by atoms with Crippen LogP contribution in [-0.2, 0) is 4.79 Å². The van der Waals surface area contributed by atoms with Crippen LogP contribution in [0.1, 0.15) is 0 Å². The van der Waals surface area contributed by atoms with E-state index >= 15 is 0 Å². The Morgan fingerprint density at radius 3 is 2.43 bits per heavy atom. The average molecular weight is 140 g/mol. The molecule has 0 saturated carbocycles. The zero-order valence-electron chi connectivity index (χ0n) is 3.68. The Bertz CT molecular complexity index is 75.3. The van der Waals surface area contributed by atoms with E-state index in [1.165, 1.54) is 0 Å². The first-order valence-corrected chi connectivity index (χ1v) is 3.28. The average Bonchev–Trinajstić information content (AvgIpc) is 1.65. The van der Waals surface area contributed by atoms with Crippen molar-refractivity contribution < 1.29 is 9.90 Å². The van der Waals surface area contributed by atoms with Crippen LogP contribution in [-0.4, -0.2) is 16.9 Å². The molecule has 0 aromatic carbocycles. The van der Waals surface area contributed by atoms with E-state index in [1.54, 1.807) is 6.26 Å². The van der Waals surface area contributed by atoms with Crippen molar-refractivity contribution in [2.75, 3.05) is 6.26 Å². The van der Waals surface area contributed by atoms with Crippen molar-refractivity contribution in [3.05, 3.63) is 0 Å². The van der Waals surface area contributed by atoms with Gasteiger partial charge in [-0.15, -0.1) is 23.4 Å². The van der Waals surface area contributed by atoms with Gasteiger partial charge in [-0.2, -0.15) is 0 Å². The van der Waals surface area contributed by atoms with E-state index in [2.05, 4.69) is 0 Å². The summed E-state index contributed by atoms with van der Waals surface area (Å²) in [5, 5.41) is 9.67. The van der Waals surface area contributed by atoms with Crippen LogP contribution >= 0.6 is 23.4 Å². The maximum absolute atomic E-state index is 9.67. The van der Waals surface area contributed by atoms with Crippen molar-refractivity contribution in [2.45, 2.75) is 4.71 Å². The summed E-state index contributed by atoms with van der Waals surface area (Å²) in [5.41, 5.74) is 0. The highest BCUT2D eigenvalue weighted by molar-refractivity contribution is 8.01. The minimum atomic E-state index is -1.23. The number of thioether (sulfide) groups is 1. The van der Waals surface area contributed by atoms with E-state index in [0.717, 1.165) is 11.8 Å². The van der Waals surface area contributed by atoms with Gasteiger partial charge in [-0.25, -0.2) is 0 Å². The van der Waals surface area contributed by atoms with Gasteiger partial charge in [0.2, 0.25) is 0 Å². The number of alkyl halides is 1. The molecule has 0 aromatic rings. The summed E-state index contributed by atoms with van der Waals surface area (Å²) in [5.74, 6) is -1.23. The first-order chi connectivity index (χ1) is 3.18. The molecule has 0 heterocycles. The normalized spacial score (nSPS) is 13.4. The van der Waals surface area contributed by atoms with E-state index < -0.39 is 10.7 Å². The first kappa shape index (κ1) is 7.11. The zero-order valence-corrected chi connectivity index (χ0v) is 5.25. The lowest BCUT2D eigenvalue weighted by Gasteiger charge is -2.03. The van der Waals surface area contributed by atoms with Gasteiger partial charge < -0.3 is 9.90 Å². The summed E-state index contributed by atoms with van der Waals surface area (Å²) in [7, 11) is 0. The summed E-state index contributed by atoms with van der Waals surface area (Å²) >= 11 is 6.14. The summed E-state index contributed by atoms with van der Waals surface area (Å²) < 4.78 is -0.903. The van der Waals surface area contributed by atoms with Crippen molar-refractivity contribution in [3.63, 3.8) is 0 Å². The molecule has 0 rings (SSSR count). The summed E-state index contributed by atoms with van der Waals surface area (Å²) in [4.78, 5) is 9.67. The van der Waals surface area contributed by atoms with Gasteiger partial charge in [-0.05, 0) is 6.26 Å². The minimum absolute atomic E-state index is 0.903. The van der Waals surface area contributed by atoms with Gasteiger partial charge in [0.25, 0.3) is 0 Å². The van der Waals surface area contributed by atoms with E-state index in [0.29, 0.717) is 0 Å². The molecular formula is C3H4ClO2S-. The molecule has 0 spiro atoms. The Labute approximate surface area is 50.9 Å². The lowest BCUT2D eigenvalue weighted by atomic mass is 10.8. The zero-order chi connectivity index (χ0) is 5.86. The fourth-order valence-corrected chi connectivity index (χ4v) is 0.289. The number of aliphatic carboxylic acids is 1. The third-order valence-electron chi connectivity index (χ3n) is 0.392. The molecule has 0 fully saturated rings. The number of carbonyl (C=O) groups excluding carboxylic acids is 1. The van der Waals surface area contributed by atoms with Gasteiger partial charge in [0.05, 0.1) is 5.97 Å². The number of carboxylic acid groups (broad SMARTS) is 1. The molecular weight excluding hydrogens is 136 g/mol. The largest absolute Gasteiger partial charge is 0.548 e. The van der Waals surface area contributed by atoms with Gasteiger partial charge in [0.1, 0.15) is 4.71 Å². The molecule has 2 nitrogen and oxygen atoms in total. The number of hydrogen-bond acceptors (Lipinski definition) is 3. The molecule has 0 saturated heterocycles. The van der Waals surface area contributed by atoms with Gasteiger partial charge in [-0.3, -0.25) is 0 Å². The van der Waals surface area contributed by atoms with Crippen molar-refractivity contribution in [1.29, 1.82) is 0 Å². The highest BCUT2D eigenvalue weighted by Gasteiger charge is 1.98. The molecule has 4 heteroatoms. The third-order valence-corrected chi connectivity index (χ3v) is 1.71. The van der Waals surface area contributed by atoms with Crippen molar-refractivity contribution >= 4 is 29.3 Å². The topological polar surface area (TPSA) is 40.1 Å². The molecule has 0 radical (unpaired) electrons. The second kappa shape index (κ2) is 3.16. The molecule has 1 unspecified atom stereocenters. The Morgan fingerprint density at radius 1 is 2.00 bits per heavy atom. The molecule has 1 atom stereocenters. The molecule has 42 valence electrons. The molecule has 0 aliphatic carbocycles. The third kappa shape index (κ3) is 2.76. The fraction of sp³-hybridized carbons (Fsp3) is 0.667. The van der Waals surface area contributed by atoms with Crippen LogP contribution in [0.4, 0.5) is 0 Å². The molecule has 0 N–H and O–H groups in total. The van der Waals surface area contributed by atoms with Crippen LogP contribution in [0.15, 0.2) is 0 Å². The number of carboxylic acids is 1. The molecule has 0 bridgehead atoms. The maximum atomic E-state index is 9.67. The Kier molecular flexibility index (Phi) is 3.21. The lowest BCUT2D eigenvalue weighted by molar-refractivity contribution is -0.302. The SMILES string of the molecule is CSC(Cl)C(=O)[O-]. The number of hydrogen-bond donors (Lipinski definition) is 0. The number of carbonyl (C=O) groups is 1. The van der Waals surface area contributed by atoms with Crippen molar-refractivity contribution in [3.8, 4) is 0 Å². The predicted molar refractivity (Wildman–Crippen MR) is 28.2 cm³/mol. The minimum Gasteiger partial charge on any atom is -0.548 e. The van der Waals surface area contributed by atoms with Gasteiger partial charge in [0, 0.05) is 0 Å². The quantitative estimate of drug-likeness (QED) is 0.492. The second-order valence-corrected chi connectivity index (χ2v) is 2.51. The lowest BCUT2D eigenvalue weighted by Crippen LogP contribution is -2.29. The summed E-state index contributed by atoms with van der Waals surface area (Å²) in [6.45, 7) is 0. The monoisotopic (exact) mass is 139 g/mol. The molecule has 0 aliphatic rings. The standard InChI is InChI=1S/C3H5ClO2S/c1-7-2(4)3(5)6/h2H,1H3,(H,5,6)/p-1. The highest BCUT2D eigenvalue weighted by Crippen LogP contribution is 2.08. The van der Waals surface area contributed by atoms with Crippen LogP contribution in [0, 0.1) is 0 Å². The van der Waals surface area contributed by atoms with E-state index in [9.17, 15) is 9.90 Å². The van der Waals surface area contributed by atoms with Crippen LogP contribution < -0.4 is 5.11 Å².